The van der Waals surface area contributed by atoms with E-state index in [1.54, 1.807) is 42.6 Å². The van der Waals surface area contributed by atoms with E-state index in [2.05, 4.69) is 15.6 Å². The van der Waals surface area contributed by atoms with E-state index in [1.807, 2.05) is 31.2 Å². The zero-order valence-corrected chi connectivity index (χ0v) is 14.8. The summed E-state index contributed by atoms with van der Waals surface area (Å²) < 4.78 is 5.45. The van der Waals surface area contributed by atoms with Crippen LogP contribution >= 0.6 is 0 Å². The van der Waals surface area contributed by atoms with Crippen LogP contribution in [0, 0.1) is 6.92 Å². The lowest BCUT2D eigenvalue weighted by Gasteiger charge is -2.09. The van der Waals surface area contributed by atoms with Gasteiger partial charge in [-0.15, -0.1) is 0 Å². The standard InChI is InChI=1S/C21H19N3O3/c1-15-4-10-19(11-5-15)27-14-20(25)23-17-6-8-18(9-7-17)24-21(26)16-3-2-12-22-13-16/h2-13H,14H2,1H3,(H,23,25)(H,24,26). The molecule has 0 bridgehead atoms. The Bertz CT molecular complexity index is 908. The minimum atomic E-state index is -0.261. The summed E-state index contributed by atoms with van der Waals surface area (Å²) >= 11 is 0. The van der Waals surface area contributed by atoms with Gasteiger partial charge in [0.2, 0.25) is 0 Å². The molecule has 3 rings (SSSR count). The first-order valence-electron chi connectivity index (χ1n) is 8.41. The number of carbonyl (C=O) groups excluding carboxylic acids is 2. The van der Waals surface area contributed by atoms with Crippen molar-refractivity contribution in [3.8, 4) is 5.75 Å². The van der Waals surface area contributed by atoms with Crippen LogP contribution in [0.25, 0.3) is 0 Å². The molecule has 136 valence electrons. The van der Waals surface area contributed by atoms with Crippen LogP contribution in [-0.2, 0) is 4.79 Å². The van der Waals surface area contributed by atoms with Crippen LogP contribution in [-0.4, -0.2) is 23.4 Å². The average Bonchev–Trinajstić information content (AvgIpc) is 2.70. The zero-order chi connectivity index (χ0) is 19.1. The number of nitrogens with zero attached hydrogens (tertiary/aromatic N) is 1. The largest absolute Gasteiger partial charge is 0.484 e. The van der Waals surface area contributed by atoms with E-state index in [0.717, 1.165) is 5.56 Å². The number of nitrogens with one attached hydrogen (secondary N) is 2. The minimum Gasteiger partial charge on any atom is -0.484 e. The maximum absolute atomic E-state index is 12.1. The molecule has 0 saturated carbocycles. The Balaban J connectivity index is 1.50. The third-order valence-electron chi connectivity index (χ3n) is 3.74. The number of aryl methyl sites for hydroxylation is 1. The van der Waals surface area contributed by atoms with E-state index in [1.165, 1.54) is 6.20 Å². The Labute approximate surface area is 157 Å². The molecule has 2 N–H and O–H groups in total. The van der Waals surface area contributed by atoms with Crippen molar-refractivity contribution in [3.63, 3.8) is 0 Å². The minimum absolute atomic E-state index is 0.0808. The molecule has 0 radical (unpaired) electrons. The van der Waals surface area contributed by atoms with E-state index in [4.69, 9.17) is 4.74 Å². The van der Waals surface area contributed by atoms with Gasteiger partial charge in [-0.1, -0.05) is 17.7 Å². The molecule has 2 amide bonds. The molecule has 0 spiro atoms. The van der Waals surface area contributed by atoms with Crippen molar-refractivity contribution in [1.82, 2.24) is 4.98 Å². The summed E-state index contributed by atoms with van der Waals surface area (Å²) in [6, 6.07) is 17.7. The number of anilines is 2. The fourth-order valence-electron chi connectivity index (χ4n) is 2.32. The monoisotopic (exact) mass is 361 g/mol. The third-order valence-corrected chi connectivity index (χ3v) is 3.74. The Hall–Kier alpha value is -3.67. The van der Waals surface area contributed by atoms with Crippen LogP contribution in [0.15, 0.2) is 73.1 Å². The molecule has 1 heterocycles. The molecular weight excluding hydrogens is 342 g/mol. The van der Waals surface area contributed by atoms with E-state index in [-0.39, 0.29) is 18.4 Å². The number of hydrogen-bond acceptors (Lipinski definition) is 4. The third kappa shape index (κ3) is 5.40. The molecule has 6 heteroatoms. The zero-order valence-electron chi connectivity index (χ0n) is 14.8. The number of hydrogen-bond donors (Lipinski definition) is 2. The topological polar surface area (TPSA) is 80.3 Å². The van der Waals surface area contributed by atoms with Gasteiger partial charge in [-0.3, -0.25) is 14.6 Å². The van der Waals surface area contributed by atoms with E-state index in [0.29, 0.717) is 22.7 Å². The summed E-state index contributed by atoms with van der Waals surface area (Å²) in [6.45, 7) is 1.90. The van der Waals surface area contributed by atoms with Crippen molar-refractivity contribution < 1.29 is 14.3 Å². The fourth-order valence-corrected chi connectivity index (χ4v) is 2.32. The highest BCUT2D eigenvalue weighted by molar-refractivity contribution is 6.04. The second kappa shape index (κ2) is 8.62. The average molecular weight is 361 g/mol. The quantitative estimate of drug-likeness (QED) is 0.702. The number of aromatic nitrogens is 1. The normalized spacial score (nSPS) is 10.1. The van der Waals surface area contributed by atoms with Gasteiger partial charge in [0.15, 0.2) is 6.61 Å². The van der Waals surface area contributed by atoms with Gasteiger partial charge in [0, 0.05) is 23.8 Å². The number of pyridine rings is 1. The van der Waals surface area contributed by atoms with E-state index in [9.17, 15) is 9.59 Å². The van der Waals surface area contributed by atoms with Crippen molar-refractivity contribution in [1.29, 1.82) is 0 Å². The second-order valence-electron chi connectivity index (χ2n) is 5.92. The lowest BCUT2D eigenvalue weighted by atomic mass is 10.2. The molecule has 27 heavy (non-hydrogen) atoms. The van der Waals surface area contributed by atoms with Crippen molar-refractivity contribution in [2.45, 2.75) is 6.92 Å². The molecule has 1 aromatic heterocycles. The maximum atomic E-state index is 12.1. The molecule has 0 atom stereocenters. The summed E-state index contributed by atoms with van der Waals surface area (Å²) in [6.07, 6.45) is 3.11. The summed E-state index contributed by atoms with van der Waals surface area (Å²) in [7, 11) is 0. The first-order valence-corrected chi connectivity index (χ1v) is 8.41. The number of ether oxygens (including phenoxy) is 1. The highest BCUT2D eigenvalue weighted by Crippen LogP contribution is 2.15. The second-order valence-corrected chi connectivity index (χ2v) is 5.92. The highest BCUT2D eigenvalue weighted by atomic mass is 16.5. The predicted molar refractivity (Wildman–Crippen MR) is 104 cm³/mol. The van der Waals surface area contributed by atoms with E-state index < -0.39 is 0 Å². The SMILES string of the molecule is Cc1ccc(OCC(=O)Nc2ccc(NC(=O)c3cccnc3)cc2)cc1. The Morgan fingerprint density at radius 3 is 2.22 bits per heavy atom. The van der Waals surface area contributed by atoms with Crippen LogP contribution in [0.2, 0.25) is 0 Å². The Morgan fingerprint density at radius 1 is 0.926 bits per heavy atom. The van der Waals surface area contributed by atoms with Gasteiger partial charge in [-0.2, -0.15) is 0 Å². The van der Waals surface area contributed by atoms with Gasteiger partial charge in [0.1, 0.15) is 5.75 Å². The van der Waals surface area contributed by atoms with Gasteiger partial charge in [0.25, 0.3) is 11.8 Å². The Morgan fingerprint density at radius 2 is 1.59 bits per heavy atom. The lowest BCUT2D eigenvalue weighted by Crippen LogP contribution is -2.20. The number of amides is 2. The molecule has 2 aromatic carbocycles. The van der Waals surface area contributed by atoms with Crippen LogP contribution in [0.3, 0.4) is 0 Å². The summed E-state index contributed by atoms with van der Waals surface area (Å²) in [5.74, 6) is 0.137. The number of benzene rings is 2. The van der Waals surface area contributed by atoms with Gasteiger partial charge < -0.3 is 15.4 Å². The smallest absolute Gasteiger partial charge is 0.262 e. The van der Waals surface area contributed by atoms with Crippen molar-refractivity contribution >= 4 is 23.2 Å². The first kappa shape index (κ1) is 18.1. The van der Waals surface area contributed by atoms with Gasteiger partial charge in [-0.05, 0) is 55.5 Å². The molecule has 6 nitrogen and oxygen atoms in total. The number of rotatable bonds is 6. The molecular formula is C21H19N3O3. The van der Waals surface area contributed by atoms with Crippen molar-refractivity contribution in [3.05, 3.63) is 84.2 Å². The van der Waals surface area contributed by atoms with Crippen molar-refractivity contribution in [2.75, 3.05) is 17.2 Å². The van der Waals surface area contributed by atoms with Gasteiger partial charge in [0.05, 0.1) is 5.56 Å². The number of carbonyl (C=O) groups is 2. The molecule has 0 aliphatic carbocycles. The van der Waals surface area contributed by atoms with Crippen LogP contribution in [0.4, 0.5) is 11.4 Å². The highest BCUT2D eigenvalue weighted by Gasteiger charge is 2.07. The maximum Gasteiger partial charge on any atom is 0.262 e. The van der Waals surface area contributed by atoms with Crippen LogP contribution in [0.1, 0.15) is 15.9 Å². The first-order chi connectivity index (χ1) is 13.1. The van der Waals surface area contributed by atoms with Gasteiger partial charge in [-0.25, -0.2) is 0 Å². The summed E-state index contributed by atoms with van der Waals surface area (Å²) in [5.41, 5.74) is 2.84. The lowest BCUT2D eigenvalue weighted by molar-refractivity contribution is -0.118. The molecule has 0 unspecified atom stereocenters. The molecule has 0 saturated heterocycles. The molecule has 3 aromatic rings. The van der Waals surface area contributed by atoms with Crippen LogP contribution < -0.4 is 15.4 Å². The summed E-state index contributed by atoms with van der Waals surface area (Å²) in [4.78, 5) is 28.0. The van der Waals surface area contributed by atoms with E-state index >= 15 is 0 Å². The molecule has 0 fully saturated rings. The summed E-state index contributed by atoms with van der Waals surface area (Å²) in [5, 5.41) is 5.52. The predicted octanol–water partition coefficient (Wildman–Crippen LogP) is 3.66. The van der Waals surface area contributed by atoms with Crippen molar-refractivity contribution in [2.24, 2.45) is 0 Å². The van der Waals surface area contributed by atoms with Crippen LogP contribution in [0.5, 0.6) is 5.75 Å². The van der Waals surface area contributed by atoms with Gasteiger partial charge >= 0.3 is 0 Å². The molecule has 0 aliphatic heterocycles. The fraction of sp³-hybridized carbons (Fsp3) is 0.0952. The molecule has 0 aliphatic rings. The Kier molecular flexibility index (Phi) is 5.79.